The van der Waals surface area contributed by atoms with Gasteiger partial charge in [0.05, 0.1) is 11.0 Å². The fourth-order valence-electron chi connectivity index (χ4n) is 6.00. The van der Waals surface area contributed by atoms with E-state index < -0.39 is 17.7 Å². The van der Waals surface area contributed by atoms with E-state index in [0.29, 0.717) is 23.9 Å². The van der Waals surface area contributed by atoms with Gasteiger partial charge in [0.25, 0.3) is 0 Å². The third-order valence-corrected chi connectivity index (χ3v) is 9.09. The number of para-hydroxylation sites is 1. The molecule has 0 radical (unpaired) electrons. The SMILES string of the molecule is Cc1c(C)c2c(c(C)c1O)CCC(C)(COc1ccc3nc(COc4ccc(CC(Oc5ccccc5)C(=O)O)cc4)n(C)c3c1)O2.Cl. The largest absolute Gasteiger partial charge is 0.507 e. The Kier molecular flexibility index (Phi) is 10.1. The number of aliphatic carboxylic acids is 1. The number of fused-ring (bicyclic) bond motifs is 2. The van der Waals surface area contributed by atoms with Crippen LogP contribution in [0.15, 0.2) is 72.8 Å². The van der Waals surface area contributed by atoms with Gasteiger partial charge in [-0.3, -0.25) is 0 Å². The Hall–Kier alpha value is -4.89. The average molecular weight is 673 g/mol. The first kappa shape index (κ1) is 34.4. The Morgan fingerprint density at radius 1 is 0.958 bits per heavy atom. The zero-order valence-electron chi connectivity index (χ0n) is 27.8. The summed E-state index contributed by atoms with van der Waals surface area (Å²) < 4.78 is 26.5. The van der Waals surface area contributed by atoms with Gasteiger partial charge in [-0.2, -0.15) is 0 Å². The molecule has 2 N–H and O–H groups in total. The van der Waals surface area contributed by atoms with Gasteiger partial charge in [-0.05, 0) is 99.2 Å². The highest BCUT2D eigenvalue weighted by Crippen LogP contribution is 2.43. The zero-order valence-corrected chi connectivity index (χ0v) is 28.6. The summed E-state index contributed by atoms with van der Waals surface area (Å²) in [6.07, 6.45) is 0.817. The smallest absolute Gasteiger partial charge is 0.345 e. The third-order valence-electron chi connectivity index (χ3n) is 9.09. The number of benzene rings is 4. The van der Waals surface area contributed by atoms with E-state index in [4.69, 9.17) is 23.9 Å². The highest BCUT2D eigenvalue weighted by atomic mass is 35.5. The van der Waals surface area contributed by atoms with E-state index >= 15 is 0 Å². The van der Waals surface area contributed by atoms with E-state index in [-0.39, 0.29) is 25.4 Å². The van der Waals surface area contributed by atoms with Crippen LogP contribution in [0.25, 0.3) is 11.0 Å². The van der Waals surface area contributed by atoms with E-state index in [1.807, 2.05) is 80.9 Å². The maximum Gasteiger partial charge on any atom is 0.345 e. The number of carboxylic acids is 1. The molecule has 5 aromatic rings. The summed E-state index contributed by atoms with van der Waals surface area (Å²) in [5.74, 6) is 2.85. The van der Waals surface area contributed by atoms with Gasteiger partial charge < -0.3 is 33.7 Å². The van der Waals surface area contributed by atoms with Crippen LogP contribution in [0, 0.1) is 20.8 Å². The van der Waals surface area contributed by atoms with Crippen molar-refractivity contribution < 1.29 is 34.0 Å². The van der Waals surface area contributed by atoms with E-state index in [2.05, 4.69) is 6.92 Å². The molecule has 0 fully saturated rings. The summed E-state index contributed by atoms with van der Waals surface area (Å²) in [4.78, 5) is 16.5. The second-order valence-electron chi connectivity index (χ2n) is 12.5. The summed E-state index contributed by atoms with van der Waals surface area (Å²) in [5, 5.41) is 20.2. The standard InChI is InChI=1S/C38H40N2O7.ClH/c1-23-24(2)36-30(25(3)35(23)41)17-18-38(4,47-36)22-45-29-15-16-31-32(20-29)40(5)34(39-31)21-44-27-13-11-26(12-14-27)19-33(37(42)43)46-28-9-7-6-8-10-28;/h6-16,20,33,41H,17-19,21-22H2,1-5H3,(H,42,43);1H. The number of nitrogens with zero attached hydrogens (tertiary/aromatic N) is 2. The number of phenolic OH excluding ortho intramolecular Hbond substituents is 1. The van der Waals surface area contributed by atoms with Crippen LogP contribution in [0.4, 0.5) is 0 Å². The van der Waals surface area contributed by atoms with Crippen LogP contribution in [0.2, 0.25) is 0 Å². The van der Waals surface area contributed by atoms with Crippen molar-refractivity contribution in [3.05, 3.63) is 106 Å². The van der Waals surface area contributed by atoms with Crippen molar-refractivity contribution in [1.82, 2.24) is 9.55 Å². The number of imidazole rings is 1. The van der Waals surface area contributed by atoms with Crippen LogP contribution in [-0.4, -0.2) is 44.0 Å². The first-order chi connectivity index (χ1) is 22.5. The molecule has 1 aliphatic heterocycles. The predicted molar refractivity (Wildman–Crippen MR) is 186 cm³/mol. The van der Waals surface area contributed by atoms with Gasteiger partial charge >= 0.3 is 5.97 Å². The van der Waals surface area contributed by atoms with Crippen molar-refractivity contribution in [2.45, 2.75) is 65.3 Å². The number of hydrogen-bond acceptors (Lipinski definition) is 7. The number of carboxylic acid groups (broad SMARTS) is 1. The second-order valence-corrected chi connectivity index (χ2v) is 12.5. The maximum absolute atomic E-state index is 11.8. The number of aromatic nitrogens is 2. The Morgan fingerprint density at radius 2 is 1.67 bits per heavy atom. The van der Waals surface area contributed by atoms with Crippen LogP contribution < -0.4 is 18.9 Å². The fourth-order valence-corrected chi connectivity index (χ4v) is 6.00. The molecular formula is C38H41ClN2O7. The zero-order chi connectivity index (χ0) is 33.3. The number of halogens is 1. The number of aromatic hydroxyl groups is 1. The van der Waals surface area contributed by atoms with Crippen LogP contribution in [-0.2, 0) is 31.3 Å². The maximum atomic E-state index is 11.8. The lowest BCUT2D eigenvalue weighted by molar-refractivity contribution is -0.145. The summed E-state index contributed by atoms with van der Waals surface area (Å²) in [6.45, 7) is 8.57. The van der Waals surface area contributed by atoms with Gasteiger partial charge in [-0.25, -0.2) is 9.78 Å². The third kappa shape index (κ3) is 7.16. The molecule has 9 nitrogen and oxygen atoms in total. The second kappa shape index (κ2) is 14.1. The molecule has 0 saturated heterocycles. The molecular weight excluding hydrogens is 632 g/mol. The van der Waals surface area contributed by atoms with Crippen molar-refractivity contribution in [3.63, 3.8) is 0 Å². The molecule has 0 bridgehead atoms. The Morgan fingerprint density at radius 3 is 2.38 bits per heavy atom. The Labute approximate surface area is 286 Å². The predicted octanol–water partition coefficient (Wildman–Crippen LogP) is 7.44. The molecule has 1 aliphatic rings. The van der Waals surface area contributed by atoms with Gasteiger partial charge in [0.2, 0.25) is 0 Å². The minimum absolute atomic E-state index is 0. The van der Waals surface area contributed by atoms with E-state index in [9.17, 15) is 15.0 Å². The number of aryl methyl sites for hydroxylation is 1. The Bertz CT molecular complexity index is 1920. The number of phenols is 1. The Balaban J connectivity index is 0.00000451. The highest BCUT2D eigenvalue weighted by molar-refractivity contribution is 5.85. The first-order valence-corrected chi connectivity index (χ1v) is 15.8. The van der Waals surface area contributed by atoms with Crippen molar-refractivity contribution in [2.75, 3.05) is 6.61 Å². The van der Waals surface area contributed by atoms with Crippen LogP contribution in [0.3, 0.4) is 0 Å². The van der Waals surface area contributed by atoms with Crippen molar-refractivity contribution >= 4 is 29.4 Å². The molecule has 0 amide bonds. The van der Waals surface area contributed by atoms with Gasteiger partial charge in [-0.1, -0.05) is 30.3 Å². The minimum Gasteiger partial charge on any atom is -0.507 e. The van der Waals surface area contributed by atoms with E-state index in [1.165, 1.54) is 0 Å². The molecule has 0 saturated carbocycles. The molecule has 48 heavy (non-hydrogen) atoms. The molecule has 10 heteroatoms. The lowest BCUT2D eigenvalue weighted by Crippen LogP contribution is -2.42. The molecule has 4 aromatic carbocycles. The van der Waals surface area contributed by atoms with Crippen LogP contribution >= 0.6 is 12.4 Å². The highest BCUT2D eigenvalue weighted by Gasteiger charge is 2.35. The van der Waals surface area contributed by atoms with E-state index in [1.54, 1.807) is 24.3 Å². The normalized spacial score (nSPS) is 15.9. The quantitative estimate of drug-likeness (QED) is 0.149. The first-order valence-electron chi connectivity index (χ1n) is 15.8. The van der Waals surface area contributed by atoms with Crippen molar-refractivity contribution in [1.29, 1.82) is 0 Å². The summed E-state index contributed by atoms with van der Waals surface area (Å²) in [6, 6.07) is 22.1. The lowest BCUT2D eigenvalue weighted by atomic mass is 9.87. The molecule has 2 heterocycles. The molecule has 6 rings (SSSR count). The van der Waals surface area contributed by atoms with Gasteiger partial charge in [-0.15, -0.1) is 12.4 Å². The number of carbonyl (C=O) groups is 1. The van der Waals surface area contributed by atoms with Crippen molar-refractivity contribution in [2.24, 2.45) is 7.05 Å². The number of hydrogen-bond donors (Lipinski definition) is 2. The molecule has 0 spiro atoms. The molecule has 2 unspecified atom stereocenters. The fraction of sp³-hybridized carbons (Fsp3) is 0.316. The van der Waals surface area contributed by atoms with Gasteiger partial charge in [0.1, 0.15) is 53.4 Å². The van der Waals surface area contributed by atoms with Crippen molar-refractivity contribution in [3.8, 4) is 28.7 Å². The van der Waals surface area contributed by atoms with Crippen LogP contribution in [0.1, 0.15) is 47.0 Å². The van der Waals surface area contributed by atoms with Gasteiger partial charge in [0.15, 0.2) is 6.10 Å². The average Bonchev–Trinajstić information content (AvgIpc) is 3.39. The summed E-state index contributed by atoms with van der Waals surface area (Å²) in [7, 11) is 1.95. The summed E-state index contributed by atoms with van der Waals surface area (Å²) in [5.41, 5.74) is 5.86. The monoisotopic (exact) mass is 672 g/mol. The lowest BCUT2D eigenvalue weighted by Gasteiger charge is -2.37. The van der Waals surface area contributed by atoms with Crippen LogP contribution in [0.5, 0.6) is 28.7 Å². The molecule has 1 aromatic heterocycles. The van der Waals surface area contributed by atoms with Gasteiger partial charge in [0, 0.05) is 25.1 Å². The molecule has 252 valence electrons. The topological polar surface area (TPSA) is 112 Å². The number of rotatable bonds is 11. The molecule has 2 atom stereocenters. The summed E-state index contributed by atoms with van der Waals surface area (Å²) >= 11 is 0. The number of ether oxygens (including phenoxy) is 4. The molecule has 0 aliphatic carbocycles. The minimum atomic E-state index is -1.02. The van der Waals surface area contributed by atoms with E-state index in [0.717, 1.165) is 69.0 Å².